The summed E-state index contributed by atoms with van der Waals surface area (Å²) in [6, 6.07) is 1.72. The van der Waals surface area contributed by atoms with Crippen molar-refractivity contribution in [1.29, 1.82) is 0 Å². The van der Waals surface area contributed by atoms with Gasteiger partial charge in [-0.3, -0.25) is 0 Å². The first kappa shape index (κ1) is 15.1. The van der Waals surface area contributed by atoms with Gasteiger partial charge in [-0.05, 0) is 57.1 Å². The van der Waals surface area contributed by atoms with Gasteiger partial charge in [0.2, 0.25) is 10.0 Å². The van der Waals surface area contributed by atoms with Gasteiger partial charge in [-0.2, -0.15) is 0 Å². The molecular formula is C15H25N3O2S. The summed E-state index contributed by atoms with van der Waals surface area (Å²) in [5, 5.41) is 3.01. The quantitative estimate of drug-likeness (QED) is 0.750. The Morgan fingerprint density at radius 1 is 1.38 bits per heavy atom. The summed E-state index contributed by atoms with van der Waals surface area (Å²) in [6.45, 7) is 2.65. The van der Waals surface area contributed by atoms with Crippen molar-refractivity contribution in [2.75, 3.05) is 7.05 Å². The van der Waals surface area contributed by atoms with Crippen molar-refractivity contribution in [2.45, 2.75) is 50.1 Å². The molecule has 3 rings (SSSR count). The number of rotatable bonds is 6. The van der Waals surface area contributed by atoms with Gasteiger partial charge in [0, 0.05) is 24.5 Å². The van der Waals surface area contributed by atoms with E-state index in [-0.39, 0.29) is 6.04 Å². The van der Waals surface area contributed by atoms with Crippen LogP contribution in [0.1, 0.15) is 38.3 Å². The van der Waals surface area contributed by atoms with Crippen molar-refractivity contribution in [3.8, 4) is 0 Å². The molecular weight excluding hydrogens is 286 g/mol. The monoisotopic (exact) mass is 311 g/mol. The van der Waals surface area contributed by atoms with Crippen LogP contribution in [0.3, 0.4) is 0 Å². The summed E-state index contributed by atoms with van der Waals surface area (Å²) < 4.78 is 27.8. The van der Waals surface area contributed by atoms with Gasteiger partial charge in [0.25, 0.3) is 0 Å². The Kier molecular flexibility index (Phi) is 4.12. The average Bonchev–Trinajstić information content (AvgIpc) is 3.14. The minimum Gasteiger partial charge on any atom is -0.363 e. The van der Waals surface area contributed by atoms with Gasteiger partial charge >= 0.3 is 0 Å². The topological polar surface area (TPSA) is 74.0 Å². The number of hydrogen-bond donors (Lipinski definition) is 3. The molecule has 2 aliphatic carbocycles. The van der Waals surface area contributed by atoms with Crippen molar-refractivity contribution in [3.05, 3.63) is 18.0 Å². The van der Waals surface area contributed by atoms with Crippen molar-refractivity contribution < 1.29 is 8.42 Å². The highest BCUT2D eigenvalue weighted by Crippen LogP contribution is 2.49. The lowest BCUT2D eigenvalue weighted by molar-refractivity contribution is 0.280. The Balaban J connectivity index is 1.67. The molecule has 0 spiro atoms. The number of nitrogens with one attached hydrogen (secondary N) is 3. The fraction of sp³-hybridized carbons (Fsp3) is 0.733. The van der Waals surface area contributed by atoms with E-state index in [9.17, 15) is 8.42 Å². The maximum Gasteiger partial charge on any atom is 0.242 e. The van der Waals surface area contributed by atoms with Crippen LogP contribution in [0.5, 0.6) is 0 Å². The predicted molar refractivity (Wildman–Crippen MR) is 82.3 cm³/mol. The molecule has 2 aliphatic rings. The standard InChI is InChI=1S/C15H25N3O2S/c1-10(15-6-11-3-4-12(15)5-11)18-21(19,20)14-7-13(8-16-2)17-9-14/h7,9-12,15-18H,3-6,8H2,1-2H3. The summed E-state index contributed by atoms with van der Waals surface area (Å²) in [4.78, 5) is 3.34. The number of aromatic nitrogens is 1. The molecule has 2 fully saturated rings. The normalized spacial score (nSPS) is 29.9. The zero-order chi connectivity index (χ0) is 15.0. The molecule has 1 aromatic rings. The van der Waals surface area contributed by atoms with E-state index in [4.69, 9.17) is 0 Å². The third kappa shape index (κ3) is 3.03. The van der Waals surface area contributed by atoms with Gasteiger partial charge in [0.15, 0.2) is 0 Å². The summed E-state index contributed by atoms with van der Waals surface area (Å²) in [5.74, 6) is 2.06. The molecule has 3 N–H and O–H groups in total. The van der Waals surface area contributed by atoms with E-state index in [2.05, 4.69) is 15.0 Å². The van der Waals surface area contributed by atoms with E-state index in [0.29, 0.717) is 17.4 Å². The molecule has 2 bridgehead atoms. The molecule has 4 atom stereocenters. The highest BCUT2D eigenvalue weighted by molar-refractivity contribution is 7.89. The Bertz CT molecular complexity index is 596. The first-order chi connectivity index (χ1) is 9.99. The Morgan fingerprint density at radius 2 is 2.19 bits per heavy atom. The highest BCUT2D eigenvalue weighted by atomic mass is 32.2. The second kappa shape index (κ2) is 5.74. The molecule has 2 saturated carbocycles. The van der Waals surface area contributed by atoms with Crippen molar-refractivity contribution in [3.63, 3.8) is 0 Å². The zero-order valence-electron chi connectivity index (χ0n) is 12.7. The van der Waals surface area contributed by atoms with Crippen molar-refractivity contribution in [1.82, 2.24) is 15.0 Å². The van der Waals surface area contributed by atoms with Gasteiger partial charge in [0.1, 0.15) is 0 Å². The summed E-state index contributed by atoms with van der Waals surface area (Å²) in [5.41, 5.74) is 0.880. The van der Waals surface area contributed by atoms with Gasteiger partial charge in [0.05, 0.1) is 4.90 Å². The molecule has 0 aliphatic heterocycles. The second-order valence-corrected chi connectivity index (χ2v) is 8.35. The van der Waals surface area contributed by atoms with Crippen LogP contribution in [-0.4, -0.2) is 26.5 Å². The lowest BCUT2D eigenvalue weighted by Crippen LogP contribution is -2.39. The molecule has 6 heteroatoms. The fourth-order valence-corrected chi connectivity index (χ4v) is 5.48. The lowest BCUT2D eigenvalue weighted by atomic mass is 9.84. The van der Waals surface area contributed by atoms with Crippen LogP contribution < -0.4 is 10.0 Å². The molecule has 0 amide bonds. The van der Waals surface area contributed by atoms with E-state index in [1.165, 1.54) is 25.7 Å². The van der Waals surface area contributed by atoms with E-state index in [1.54, 1.807) is 12.3 Å². The SMILES string of the molecule is CNCc1cc(S(=O)(=O)NC(C)C2CC3CCC2C3)c[nH]1. The van der Waals surface area contributed by atoms with Crippen LogP contribution in [0, 0.1) is 17.8 Å². The van der Waals surface area contributed by atoms with Crippen LogP contribution in [0.2, 0.25) is 0 Å². The minimum absolute atomic E-state index is 0.0213. The van der Waals surface area contributed by atoms with Crippen LogP contribution in [-0.2, 0) is 16.6 Å². The highest BCUT2D eigenvalue weighted by Gasteiger charge is 2.42. The number of aromatic amines is 1. The van der Waals surface area contributed by atoms with E-state index >= 15 is 0 Å². The molecule has 21 heavy (non-hydrogen) atoms. The summed E-state index contributed by atoms with van der Waals surface area (Å²) in [6.07, 6.45) is 6.67. The van der Waals surface area contributed by atoms with Gasteiger partial charge in [-0.1, -0.05) is 6.42 Å². The van der Waals surface area contributed by atoms with Gasteiger partial charge in [-0.25, -0.2) is 13.1 Å². The molecule has 0 aromatic carbocycles. The Labute approximate surface area is 127 Å². The number of sulfonamides is 1. The largest absolute Gasteiger partial charge is 0.363 e. The number of H-pyrrole nitrogens is 1. The fourth-order valence-electron chi connectivity index (χ4n) is 4.17. The summed E-state index contributed by atoms with van der Waals surface area (Å²) >= 11 is 0. The first-order valence-electron chi connectivity index (χ1n) is 7.84. The van der Waals surface area contributed by atoms with Crippen LogP contribution in [0.4, 0.5) is 0 Å². The molecule has 1 heterocycles. The summed E-state index contributed by atoms with van der Waals surface area (Å²) in [7, 11) is -1.58. The van der Waals surface area contributed by atoms with E-state index in [1.807, 2.05) is 14.0 Å². The Hall–Kier alpha value is -0.850. The number of hydrogen-bond acceptors (Lipinski definition) is 3. The Morgan fingerprint density at radius 3 is 2.81 bits per heavy atom. The minimum atomic E-state index is -3.42. The van der Waals surface area contributed by atoms with Gasteiger partial charge < -0.3 is 10.3 Å². The first-order valence-corrected chi connectivity index (χ1v) is 9.32. The lowest BCUT2D eigenvalue weighted by Gasteiger charge is -2.28. The van der Waals surface area contributed by atoms with Gasteiger partial charge in [-0.15, -0.1) is 0 Å². The smallest absolute Gasteiger partial charge is 0.242 e. The third-order valence-corrected chi connectivity index (χ3v) is 6.71. The zero-order valence-corrected chi connectivity index (χ0v) is 13.5. The maximum atomic E-state index is 12.5. The van der Waals surface area contributed by atoms with E-state index in [0.717, 1.165) is 17.5 Å². The molecule has 4 unspecified atom stereocenters. The number of fused-ring (bicyclic) bond motifs is 2. The average molecular weight is 311 g/mol. The predicted octanol–water partition coefficient (Wildman–Crippen LogP) is 1.84. The van der Waals surface area contributed by atoms with Crippen molar-refractivity contribution in [2.24, 2.45) is 17.8 Å². The molecule has 0 radical (unpaired) electrons. The molecule has 5 nitrogen and oxygen atoms in total. The maximum absolute atomic E-state index is 12.5. The van der Waals surface area contributed by atoms with E-state index < -0.39 is 10.0 Å². The third-order valence-electron chi connectivity index (χ3n) is 5.17. The van der Waals surface area contributed by atoms with Crippen LogP contribution in [0.15, 0.2) is 17.2 Å². The van der Waals surface area contributed by atoms with Crippen molar-refractivity contribution >= 4 is 10.0 Å². The molecule has 118 valence electrons. The van der Waals surface area contributed by atoms with Crippen LogP contribution in [0.25, 0.3) is 0 Å². The van der Waals surface area contributed by atoms with Crippen LogP contribution >= 0.6 is 0 Å². The second-order valence-electron chi connectivity index (χ2n) is 6.64. The molecule has 0 saturated heterocycles. The molecule has 1 aromatic heterocycles.